The minimum Gasteiger partial charge on any atom is -0.394 e. The highest BCUT2D eigenvalue weighted by atomic mass is 16.5. The summed E-state index contributed by atoms with van der Waals surface area (Å²) >= 11 is 0. The highest BCUT2D eigenvalue weighted by Gasteiger charge is 1.79. The van der Waals surface area contributed by atoms with E-state index in [9.17, 15) is 0 Å². The summed E-state index contributed by atoms with van der Waals surface area (Å²) < 4.78 is 4.63. The van der Waals surface area contributed by atoms with E-state index in [4.69, 9.17) is 20.4 Å². The molecule has 0 aromatic heterocycles. The summed E-state index contributed by atoms with van der Waals surface area (Å²) in [4.78, 5) is 0. The van der Waals surface area contributed by atoms with Gasteiger partial charge in [-0.05, 0) is 0 Å². The average molecular weight is 252 g/mol. The van der Waals surface area contributed by atoms with Crippen LogP contribution < -0.4 is 0 Å². The maximum absolute atomic E-state index is 8.09. The monoisotopic (exact) mass is 252 g/mol. The molecule has 0 bridgehead atoms. The first-order valence-electron chi connectivity index (χ1n) is 4.84. The Morgan fingerprint density at radius 1 is 0.529 bits per heavy atom. The lowest BCUT2D eigenvalue weighted by molar-refractivity contribution is 0.0650. The van der Waals surface area contributed by atoms with Gasteiger partial charge >= 0.3 is 0 Å². The smallest absolute Gasteiger partial charge is 0.0698 e. The van der Waals surface area contributed by atoms with Gasteiger partial charge in [-0.25, -0.2) is 0 Å². The first kappa shape index (κ1) is 29.8. The Labute approximate surface area is 105 Å². The third-order valence-corrected chi connectivity index (χ3v) is 0.571. The minimum absolute atomic E-state index is 0.0278. The van der Waals surface area contributed by atoms with Crippen LogP contribution in [0, 0.1) is 0 Å². The number of aliphatic hydroxyl groups is 4. The largest absolute Gasteiger partial charge is 0.394 e. The van der Waals surface area contributed by atoms with Crippen molar-refractivity contribution < 1.29 is 25.2 Å². The number of hydrogen-bond donors (Lipinski definition) is 4. The van der Waals surface area contributed by atoms with Crippen LogP contribution in [0.25, 0.3) is 0 Å². The molecule has 0 aromatic rings. The molecule has 0 aromatic carbocycles. The summed E-state index contributed by atoms with van der Waals surface area (Å²) in [5.74, 6) is 0. The van der Waals surface area contributed by atoms with E-state index < -0.39 is 0 Å². The lowest BCUT2D eigenvalue weighted by atomic mass is 10.7. The van der Waals surface area contributed by atoms with E-state index in [2.05, 4.69) is 44.2 Å². The van der Waals surface area contributed by atoms with Gasteiger partial charge in [0.1, 0.15) is 0 Å². The molecule has 0 aliphatic heterocycles. The Morgan fingerprint density at radius 2 is 0.765 bits per heavy atom. The lowest BCUT2D eigenvalue weighted by Gasteiger charge is -1.94. The Balaban J connectivity index is -0.0000000412. The Hall–Kier alpha value is -0.980. The second-order valence-corrected chi connectivity index (χ2v) is 1.51. The summed E-state index contributed by atoms with van der Waals surface area (Å²) in [6.45, 7) is 18.4. The fourth-order valence-electron chi connectivity index (χ4n) is 0.231. The van der Waals surface area contributed by atoms with Crippen molar-refractivity contribution in [2.75, 3.05) is 39.6 Å². The van der Waals surface area contributed by atoms with E-state index in [0.717, 1.165) is 0 Å². The van der Waals surface area contributed by atoms with Gasteiger partial charge < -0.3 is 25.2 Å². The number of hydrogen-bond acceptors (Lipinski definition) is 5. The Kier molecular flexibility index (Phi) is 143. The number of ether oxygens (including phenoxy) is 1. The van der Waals surface area contributed by atoms with Gasteiger partial charge in [-0.2, -0.15) is 0 Å². The van der Waals surface area contributed by atoms with E-state index in [-0.39, 0.29) is 26.4 Å². The van der Waals surface area contributed by atoms with Gasteiger partial charge in [0, 0.05) is 0 Å². The molecule has 0 rings (SSSR count). The first-order valence-corrected chi connectivity index (χ1v) is 4.84. The molecule has 4 N–H and O–H groups in total. The molecule has 0 saturated carbocycles. The lowest BCUT2D eigenvalue weighted by Crippen LogP contribution is -2.03. The van der Waals surface area contributed by atoms with Gasteiger partial charge in [-0.1, -0.05) is 0 Å². The van der Waals surface area contributed by atoms with Gasteiger partial charge in [0.05, 0.1) is 39.6 Å². The molecular formula is C12H28O5. The quantitative estimate of drug-likeness (QED) is 0.419. The SMILES string of the molecule is C=C.C=C.C=C.OCCO.OCCOCCO. The maximum Gasteiger partial charge on any atom is 0.0698 e. The average Bonchev–Trinajstić information content (AvgIpc) is 2.46. The molecule has 0 spiro atoms. The molecule has 0 atom stereocenters. The third kappa shape index (κ3) is 158. The van der Waals surface area contributed by atoms with Crippen molar-refractivity contribution in [2.45, 2.75) is 0 Å². The van der Waals surface area contributed by atoms with Crippen LogP contribution >= 0.6 is 0 Å². The van der Waals surface area contributed by atoms with Crippen LogP contribution in [0.1, 0.15) is 0 Å². The zero-order chi connectivity index (χ0) is 14.9. The van der Waals surface area contributed by atoms with Crippen molar-refractivity contribution in [3.63, 3.8) is 0 Å². The van der Waals surface area contributed by atoms with Crippen LogP contribution in [0.2, 0.25) is 0 Å². The Morgan fingerprint density at radius 3 is 0.882 bits per heavy atom. The molecule has 0 fully saturated rings. The zero-order valence-electron chi connectivity index (χ0n) is 10.7. The molecule has 0 radical (unpaired) electrons. The van der Waals surface area contributed by atoms with Crippen LogP contribution in [-0.4, -0.2) is 60.1 Å². The molecule has 0 saturated heterocycles. The zero-order valence-corrected chi connectivity index (χ0v) is 10.7. The minimum atomic E-state index is -0.125. The van der Waals surface area contributed by atoms with Gasteiger partial charge in [-0.15, -0.1) is 39.5 Å². The summed E-state index contributed by atoms with van der Waals surface area (Å²) in [6.07, 6.45) is 0. The van der Waals surface area contributed by atoms with Crippen LogP contribution in [0.15, 0.2) is 39.5 Å². The summed E-state index contributed by atoms with van der Waals surface area (Å²) in [6, 6.07) is 0. The fraction of sp³-hybridized carbons (Fsp3) is 0.500. The van der Waals surface area contributed by atoms with Crippen LogP contribution in [-0.2, 0) is 4.74 Å². The van der Waals surface area contributed by atoms with Crippen molar-refractivity contribution in [3.05, 3.63) is 39.5 Å². The summed E-state index contributed by atoms with van der Waals surface area (Å²) in [5.41, 5.74) is 0. The van der Waals surface area contributed by atoms with E-state index in [1.165, 1.54) is 0 Å². The topological polar surface area (TPSA) is 90.2 Å². The van der Waals surface area contributed by atoms with Gasteiger partial charge in [0.15, 0.2) is 0 Å². The van der Waals surface area contributed by atoms with Crippen molar-refractivity contribution in [2.24, 2.45) is 0 Å². The molecule has 0 aliphatic carbocycles. The van der Waals surface area contributed by atoms with Gasteiger partial charge in [0.2, 0.25) is 0 Å². The summed E-state index contributed by atoms with van der Waals surface area (Å²) in [7, 11) is 0. The third-order valence-electron chi connectivity index (χ3n) is 0.571. The maximum atomic E-state index is 8.09. The predicted molar refractivity (Wildman–Crippen MR) is 72.9 cm³/mol. The molecule has 0 amide bonds. The van der Waals surface area contributed by atoms with Crippen LogP contribution in [0.4, 0.5) is 0 Å². The Bertz CT molecular complexity index is 70.5. The van der Waals surface area contributed by atoms with Crippen LogP contribution in [0.5, 0.6) is 0 Å². The number of rotatable bonds is 5. The number of aliphatic hydroxyl groups excluding tert-OH is 4. The van der Waals surface area contributed by atoms with E-state index in [1.807, 2.05) is 0 Å². The molecule has 0 aliphatic rings. The highest BCUT2D eigenvalue weighted by molar-refractivity contribution is 4.24. The van der Waals surface area contributed by atoms with Crippen LogP contribution in [0.3, 0.4) is 0 Å². The first-order chi connectivity index (χ1) is 8.33. The van der Waals surface area contributed by atoms with E-state index in [0.29, 0.717) is 13.2 Å². The standard InChI is InChI=1S/C4H10O3.C2H6O2.3C2H4/c5-1-3-7-4-2-6;3-1-2-4;3*1-2/h5-6H,1-4H2;3-4H,1-2H2;3*1-2H2. The molecule has 0 heterocycles. The summed E-state index contributed by atoms with van der Waals surface area (Å²) in [5, 5.41) is 31.4. The fourth-order valence-corrected chi connectivity index (χ4v) is 0.231. The van der Waals surface area contributed by atoms with Gasteiger partial charge in [-0.3, -0.25) is 0 Å². The molecule has 106 valence electrons. The molecule has 5 heteroatoms. The second-order valence-electron chi connectivity index (χ2n) is 1.51. The van der Waals surface area contributed by atoms with Crippen molar-refractivity contribution >= 4 is 0 Å². The normalized spacial score (nSPS) is 6.35. The van der Waals surface area contributed by atoms with Gasteiger partial charge in [0.25, 0.3) is 0 Å². The van der Waals surface area contributed by atoms with Crippen molar-refractivity contribution in [3.8, 4) is 0 Å². The second kappa shape index (κ2) is 81.5. The molecular weight excluding hydrogens is 224 g/mol. The van der Waals surface area contributed by atoms with E-state index in [1.54, 1.807) is 0 Å². The predicted octanol–water partition coefficient (Wildman–Crippen LogP) is 0.365. The molecule has 5 nitrogen and oxygen atoms in total. The highest BCUT2D eigenvalue weighted by Crippen LogP contribution is 1.68. The van der Waals surface area contributed by atoms with Crippen molar-refractivity contribution in [1.29, 1.82) is 0 Å². The van der Waals surface area contributed by atoms with Crippen molar-refractivity contribution in [1.82, 2.24) is 0 Å². The molecule has 17 heavy (non-hydrogen) atoms. The van der Waals surface area contributed by atoms with E-state index >= 15 is 0 Å². The molecule has 0 unspecified atom stereocenters.